The molecule has 1 unspecified atom stereocenters. The van der Waals surface area contributed by atoms with Crippen LogP contribution < -0.4 is 10.6 Å². The van der Waals surface area contributed by atoms with E-state index >= 15 is 9.59 Å². The Bertz CT molecular complexity index is 4000. The molecule has 2 aliphatic heterocycles. The lowest BCUT2D eigenvalue weighted by atomic mass is 9.44. The van der Waals surface area contributed by atoms with Crippen molar-refractivity contribution in [3.05, 3.63) is 131 Å². The van der Waals surface area contributed by atoms with Crippen molar-refractivity contribution in [3.63, 3.8) is 0 Å². The molecule has 2 bridgehead atoms. The normalized spacial score (nSPS) is 25.7. The molecule has 5 aromatic rings. The molecular weight excluding hydrogens is 1320 g/mol. The van der Waals surface area contributed by atoms with Crippen molar-refractivity contribution in [2.24, 2.45) is 16.7 Å². The maximum absolute atomic E-state index is 15.5. The molecule has 1 aromatic heterocycles. The average Bonchev–Trinajstić information content (AvgIpc) is 0.741. The van der Waals surface area contributed by atoms with E-state index in [1.165, 1.54) is 67.5 Å². The van der Waals surface area contributed by atoms with Gasteiger partial charge in [-0.15, -0.1) is 10.2 Å². The number of nitrogens with zero attached hydrogens (tertiary/aromatic N) is 5. The number of piperazine rings is 1. The number of rotatable bonds is 19. The van der Waals surface area contributed by atoms with Gasteiger partial charge < -0.3 is 75.0 Å². The van der Waals surface area contributed by atoms with Gasteiger partial charge in [0, 0.05) is 76.1 Å². The summed E-state index contributed by atoms with van der Waals surface area (Å²) in [6, 6.07) is 23.3. The first-order chi connectivity index (χ1) is 46.7. The zero-order valence-corrected chi connectivity index (χ0v) is 58.3. The monoisotopic (exact) mass is 1410 g/mol. The van der Waals surface area contributed by atoms with Gasteiger partial charge in [-0.3, -0.25) is 28.5 Å². The van der Waals surface area contributed by atoms with Crippen molar-refractivity contribution in [1.29, 1.82) is 0 Å². The Labute approximate surface area is 580 Å². The lowest BCUT2D eigenvalue weighted by Gasteiger charge is -2.67. The molecule has 29 heteroatoms. The predicted octanol–water partition coefficient (Wildman–Crippen LogP) is 5.17. The number of hydrogen-bond donors (Lipinski definition) is 7. The Hall–Kier alpha value is -8.97. The molecule has 4 fully saturated rings. The lowest BCUT2D eigenvalue weighted by Crippen LogP contribution is -2.81. The summed E-state index contributed by atoms with van der Waals surface area (Å²) in [4.78, 5) is 116. The molecule has 12 atom stereocenters. The molecule has 3 aliphatic carbocycles. The summed E-state index contributed by atoms with van der Waals surface area (Å²) in [6.07, 6.45) is -13.6. The molecule has 3 amide bonds. The highest BCUT2D eigenvalue weighted by molar-refractivity contribution is 7.82. The smallest absolute Gasteiger partial charge is 0.408 e. The number of phenolic OH excluding ortho intramolecular Hbond substituents is 2. The highest BCUT2D eigenvalue weighted by atomic mass is 32.2. The van der Waals surface area contributed by atoms with E-state index in [0.29, 0.717) is 16.1 Å². The Balaban J connectivity index is 0.0000117. The van der Waals surface area contributed by atoms with Gasteiger partial charge in [0.25, 0.3) is 5.91 Å². The molecule has 538 valence electrons. The maximum Gasteiger partial charge on any atom is 0.408 e. The van der Waals surface area contributed by atoms with Gasteiger partial charge in [0.15, 0.2) is 17.2 Å². The highest BCUT2D eigenvalue weighted by Crippen LogP contribution is 2.64. The second kappa shape index (κ2) is 29.3. The number of carbonyl (C=O) groups is 8. The molecule has 100 heavy (non-hydrogen) atoms. The first-order valence-electron chi connectivity index (χ1n) is 32.9. The molecule has 5 aliphatic rings. The number of aliphatic hydroxyl groups is 3. The summed E-state index contributed by atoms with van der Waals surface area (Å²) in [5.41, 5.74) is -8.13. The van der Waals surface area contributed by atoms with E-state index in [-0.39, 0.29) is 108 Å². The largest absolute Gasteiger partial charge is 0.508 e. The molecule has 2 saturated carbocycles. The van der Waals surface area contributed by atoms with Crippen molar-refractivity contribution in [2.75, 3.05) is 39.3 Å². The number of aromatic hydroxyl groups is 2. The summed E-state index contributed by atoms with van der Waals surface area (Å²) >= 11 is 0. The van der Waals surface area contributed by atoms with Crippen molar-refractivity contribution in [1.82, 2.24) is 34.6 Å². The van der Waals surface area contributed by atoms with Gasteiger partial charge in [0.1, 0.15) is 64.1 Å². The first-order valence-corrected chi connectivity index (χ1v) is 34.0. The van der Waals surface area contributed by atoms with Gasteiger partial charge in [-0.05, 0) is 112 Å². The molecule has 10 rings (SSSR count). The number of benzene rings is 4. The van der Waals surface area contributed by atoms with E-state index < -0.39 is 154 Å². The minimum atomic E-state index is -2.52. The lowest BCUT2D eigenvalue weighted by molar-refractivity contribution is -0.346. The number of ketones is 1. The Morgan fingerprint density at radius 1 is 0.850 bits per heavy atom. The third-order valence-electron chi connectivity index (χ3n) is 19.7. The van der Waals surface area contributed by atoms with Crippen LogP contribution in [-0.2, 0) is 63.4 Å². The number of phenols is 2. The van der Waals surface area contributed by atoms with Crippen molar-refractivity contribution >= 4 is 58.6 Å². The number of carbonyl (C=O) groups excluding carboxylic acids is 8. The standard InChI is InChI=1S/C71H85N7O20S.H2O/c1-12-72-63(87)62-75-74-61(46-33-45(38(2)3)47(80)34-48(46)81)78(62)43-23-25-44(26-24-43)99(92)77-31-29-76(30-32-77)52(83)27-28-53(84)95-57(55(41-19-15-13-16-20-41)73-66(90)98-67(6,7)8)65(89)94-49-36-71(91)60(96-64(88)42-21-17-14-18-22-42)58-69(11,59(86)56(85)54(39(49)4)68(71,9)10)50(82)35-51-70(58,37-93-51)97-40(5)79;/h13-26,33-34,38,49-51,55-58,60,80-82,85,91H,12,27-32,35-37H2,1-11H3,(H,72,87)(H,73,90);1H2/t49-,50-,51+,55-,56+,57+,58-,60-,69+,70-,71+,99?;/m0./s1. The van der Waals surface area contributed by atoms with Gasteiger partial charge in [0.2, 0.25) is 17.8 Å². The third kappa shape index (κ3) is 14.3. The first kappa shape index (κ1) is 75.2. The summed E-state index contributed by atoms with van der Waals surface area (Å²) < 4.78 is 53.8. The SMILES string of the molecule is CCNC(=O)c1nnc(-c2cc(C(C)C)c(O)cc2O)n1-c1ccc(S(=O)N2CCN(C(=O)CCC(=O)O[C@@H](C(=O)O[C@H]3C[C@@]4(O)[C@@H](OC(=O)c5ccccc5)[C@@H]5[C@]6(OC(C)=O)CO[C@@H]6C[C@H](O)[C@@]5(C)C(=O)[C@H](O)C(=C3C)C4(C)C)[C@@H](NC(=O)OC(C)(C)C)c3ccccc3)CC2)cc1.O. The van der Waals surface area contributed by atoms with E-state index in [0.717, 1.165) is 6.92 Å². The molecule has 0 spiro atoms. The zero-order chi connectivity index (χ0) is 72.0. The fourth-order valence-corrected chi connectivity index (χ4v) is 15.7. The number of nitrogens with one attached hydrogen (secondary N) is 2. The second-order valence-corrected chi connectivity index (χ2v) is 29.2. The summed E-state index contributed by atoms with van der Waals surface area (Å²) in [5, 5.41) is 74.1. The quantitative estimate of drug-likeness (QED) is 0.0319. The van der Waals surface area contributed by atoms with E-state index in [9.17, 15) is 58.5 Å². The number of ether oxygens (including phenoxy) is 6. The number of alkyl carbamates (subject to hydrolysis) is 1. The number of fused-ring (bicyclic) bond motifs is 5. The number of Topliss-reactive ketones (excluding diaryl/α,β-unsaturated/α-hetero) is 1. The van der Waals surface area contributed by atoms with Gasteiger partial charge in [-0.1, -0.05) is 76.2 Å². The van der Waals surface area contributed by atoms with E-state index in [1.54, 1.807) is 98.7 Å². The number of esters is 4. The minimum absolute atomic E-state index is 0. The predicted molar refractivity (Wildman–Crippen MR) is 357 cm³/mol. The second-order valence-electron chi connectivity index (χ2n) is 27.7. The van der Waals surface area contributed by atoms with Crippen LogP contribution in [0, 0.1) is 16.7 Å². The molecule has 4 aromatic carbocycles. The van der Waals surface area contributed by atoms with Gasteiger partial charge in [0.05, 0.1) is 46.5 Å². The van der Waals surface area contributed by atoms with Gasteiger partial charge in [-0.2, -0.15) is 0 Å². The third-order valence-corrected chi connectivity index (χ3v) is 21.2. The molecule has 0 radical (unpaired) electrons. The summed E-state index contributed by atoms with van der Waals surface area (Å²) in [6.45, 7) is 17.6. The Morgan fingerprint density at radius 3 is 2.08 bits per heavy atom. The minimum Gasteiger partial charge on any atom is -0.508 e. The topological polar surface area (TPSA) is 403 Å². The fraction of sp³-hybridized carbons (Fsp3) is 0.493. The van der Waals surface area contributed by atoms with Crippen molar-refractivity contribution < 1.29 is 102 Å². The van der Waals surface area contributed by atoms with Crippen LogP contribution in [0.5, 0.6) is 11.5 Å². The number of aliphatic hydroxyl groups excluding tert-OH is 2. The fourth-order valence-electron chi connectivity index (χ4n) is 14.5. The van der Waals surface area contributed by atoms with Crippen LogP contribution in [0.1, 0.15) is 146 Å². The molecule has 2 saturated heterocycles. The van der Waals surface area contributed by atoms with Crippen LogP contribution in [0.3, 0.4) is 0 Å². The van der Waals surface area contributed by atoms with E-state index in [1.807, 2.05) is 13.8 Å². The summed E-state index contributed by atoms with van der Waals surface area (Å²) in [5.74, 6) is -8.47. The average molecular weight is 1410 g/mol. The van der Waals surface area contributed by atoms with E-state index in [4.69, 9.17) is 28.4 Å². The Morgan fingerprint density at radius 2 is 1.49 bits per heavy atom. The highest BCUT2D eigenvalue weighted by Gasteiger charge is 2.78. The van der Waals surface area contributed by atoms with E-state index in [2.05, 4.69) is 20.8 Å². The van der Waals surface area contributed by atoms with Crippen LogP contribution in [0.4, 0.5) is 4.79 Å². The number of aromatic nitrogens is 3. The molecular formula is C71H87N7O21S. The zero-order valence-electron chi connectivity index (χ0n) is 57.5. The van der Waals surface area contributed by atoms with Crippen LogP contribution in [0.15, 0.2) is 113 Å². The molecule has 9 N–H and O–H groups in total. The maximum atomic E-state index is 15.5. The molecule has 28 nitrogen and oxygen atoms in total. The number of hydrogen-bond acceptors (Lipinski definition) is 22. The van der Waals surface area contributed by atoms with Gasteiger partial charge in [-0.25, -0.2) is 22.9 Å². The van der Waals surface area contributed by atoms with Crippen molar-refractivity contribution in [2.45, 2.75) is 172 Å². The van der Waals surface area contributed by atoms with Crippen LogP contribution in [0.25, 0.3) is 17.1 Å². The van der Waals surface area contributed by atoms with Crippen LogP contribution in [0.2, 0.25) is 0 Å². The van der Waals surface area contributed by atoms with Crippen LogP contribution >= 0.6 is 0 Å². The van der Waals surface area contributed by atoms with Crippen LogP contribution in [-0.4, -0.2) is 200 Å². The van der Waals surface area contributed by atoms with Crippen molar-refractivity contribution in [3.8, 4) is 28.6 Å². The summed E-state index contributed by atoms with van der Waals surface area (Å²) in [7, 11) is -1.76. The molecule has 3 heterocycles. The Kier molecular flexibility index (Phi) is 22.1. The van der Waals surface area contributed by atoms with Gasteiger partial charge >= 0.3 is 30.0 Å². The number of amides is 3.